The summed E-state index contributed by atoms with van der Waals surface area (Å²) in [5.41, 5.74) is 1.84. The predicted octanol–water partition coefficient (Wildman–Crippen LogP) is 4.50. The number of nitrogens with one attached hydrogen (secondary N) is 2. The lowest BCUT2D eigenvalue weighted by Gasteiger charge is -2.65. The van der Waals surface area contributed by atoms with Crippen molar-refractivity contribution >= 4 is 23.5 Å². The summed E-state index contributed by atoms with van der Waals surface area (Å²) in [5.74, 6) is 0.595. The van der Waals surface area contributed by atoms with Gasteiger partial charge in [0.05, 0.1) is 5.92 Å². The topological polar surface area (TPSA) is 81.8 Å². The number of carbonyl (C=O) groups excluding carboxylic acids is 3. The van der Waals surface area contributed by atoms with Crippen LogP contribution in [-0.4, -0.2) is 60.4 Å². The Bertz CT molecular complexity index is 1000. The van der Waals surface area contributed by atoms with E-state index in [1.165, 1.54) is 19.3 Å². The average molecular weight is 481 g/mol. The van der Waals surface area contributed by atoms with E-state index in [1.54, 1.807) is 48.2 Å². The first-order valence-electron chi connectivity index (χ1n) is 13.2. The van der Waals surface area contributed by atoms with Crippen LogP contribution < -0.4 is 10.6 Å². The van der Waals surface area contributed by atoms with Crippen molar-refractivity contribution < 1.29 is 14.4 Å². The van der Waals surface area contributed by atoms with E-state index in [0.29, 0.717) is 41.1 Å². The number of benzene rings is 1. The van der Waals surface area contributed by atoms with Gasteiger partial charge in [-0.15, -0.1) is 0 Å². The molecule has 4 aliphatic carbocycles. The Hall–Kier alpha value is -2.57. The predicted molar refractivity (Wildman–Crippen MR) is 136 cm³/mol. The smallest absolute Gasteiger partial charge is 0.319 e. The van der Waals surface area contributed by atoms with Crippen molar-refractivity contribution in [2.24, 2.45) is 22.7 Å². The maximum atomic E-state index is 13.0. The van der Waals surface area contributed by atoms with E-state index >= 15 is 0 Å². The molecule has 0 aromatic heterocycles. The lowest BCUT2D eigenvalue weighted by molar-refractivity contribution is -0.134. The summed E-state index contributed by atoms with van der Waals surface area (Å²) in [6.45, 7) is 5.93. The first-order chi connectivity index (χ1) is 16.5. The number of hydrogen-bond acceptors (Lipinski definition) is 3. The van der Waals surface area contributed by atoms with Crippen LogP contribution >= 0.6 is 0 Å². The van der Waals surface area contributed by atoms with E-state index in [0.717, 1.165) is 32.1 Å². The molecule has 1 aliphatic heterocycles. The fraction of sp³-hybridized carbons (Fsp3) is 0.679. The van der Waals surface area contributed by atoms with Gasteiger partial charge in [-0.3, -0.25) is 9.59 Å². The van der Waals surface area contributed by atoms with Crippen molar-refractivity contribution in [2.75, 3.05) is 32.5 Å². The van der Waals surface area contributed by atoms with Crippen LogP contribution in [-0.2, 0) is 4.79 Å². The Morgan fingerprint density at radius 2 is 1.63 bits per heavy atom. The number of likely N-dealkylation sites (tertiary alicyclic amines) is 1. The van der Waals surface area contributed by atoms with Crippen molar-refractivity contribution in [2.45, 2.75) is 70.8 Å². The zero-order chi connectivity index (χ0) is 25.0. The maximum absolute atomic E-state index is 13.0. The summed E-state index contributed by atoms with van der Waals surface area (Å²) >= 11 is 0. The first kappa shape index (κ1) is 24.1. The zero-order valence-electron chi connectivity index (χ0n) is 21.7. The van der Waals surface area contributed by atoms with Gasteiger partial charge in [0.1, 0.15) is 0 Å². The van der Waals surface area contributed by atoms with E-state index in [4.69, 9.17) is 0 Å². The van der Waals surface area contributed by atoms with Gasteiger partial charge < -0.3 is 20.4 Å². The molecule has 0 spiro atoms. The third-order valence-corrected chi connectivity index (χ3v) is 8.89. The molecule has 1 aromatic rings. The van der Waals surface area contributed by atoms with Crippen LogP contribution in [0.2, 0.25) is 0 Å². The van der Waals surface area contributed by atoms with Gasteiger partial charge in [0.15, 0.2) is 0 Å². The molecule has 2 N–H and O–H groups in total. The summed E-state index contributed by atoms with van der Waals surface area (Å²) in [5, 5.41) is 6.37. The fourth-order valence-electron chi connectivity index (χ4n) is 8.60. The minimum Gasteiger partial charge on any atom is -0.349 e. The minimum absolute atomic E-state index is 0.0627. The van der Waals surface area contributed by atoms with Crippen LogP contribution in [0.3, 0.4) is 0 Å². The molecule has 4 amide bonds. The highest BCUT2D eigenvalue weighted by molar-refractivity contribution is 5.96. The number of amides is 4. The summed E-state index contributed by atoms with van der Waals surface area (Å²) in [4.78, 5) is 41.8. The van der Waals surface area contributed by atoms with Crippen molar-refractivity contribution in [3.05, 3.63) is 29.8 Å². The van der Waals surface area contributed by atoms with Gasteiger partial charge >= 0.3 is 6.03 Å². The van der Waals surface area contributed by atoms with E-state index in [9.17, 15) is 14.4 Å². The molecule has 3 unspecified atom stereocenters. The lowest BCUT2D eigenvalue weighted by atomic mass is 9.43. The number of anilines is 1. The summed E-state index contributed by atoms with van der Waals surface area (Å²) < 4.78 is 0. The SMILES string of the molecule is CN(C)C(=O)C1CCCN(C(=O)c2ccc(NC(=O)NC34CC5C[C@@](C)(C3)C[C@](C)(C5)C4)cc2)C1. The van der Waals surface area contributed by atoms with E-state index in [-0.39, 0.29) is 29.3 Å². The summed E-state index contributed by atoms with van der Waals surface area (Å²) in [7, 11) is 3.52. The van der Waals surface area contributed by atoms with E-state index < -0.39 is 0 Å². The molecule has 7 heteroatoms. The number of hydrogen-bond donors (Lipinski definition) is 2. The van der Waals surface area contributed by atoms with Gasteiger partial charge in [0.2, 0.25) is 5.91 Å². The number of piperidine rings is 1. The first-order valence-corrected chi connectivity index (χ1v) is 13.2. The zero-order valence-corrected chi connectivity index (χ0v) is 21.7. The largest absolute Gasteiger partial charge is 0.349 e. The van der Waals surface area contributed by atoms with Crippen LogP contribution in [0.15, 0.2) is 24.3 Å². The molecule has 4 saturated carbocycles. The molecule has 5 aliphatic rings. The second kappa shape index (κ2) is 8.52. The molecular weight excluding hydrogens is 440 g/mol. The Morgan fingerprint density at radius 3 is 2.23 bits per heavy atom. The molecule has 5 fully saturated rings. The number of carbonyl (C=O) groups is 3. The normalized spacial score (nSPS) is 35.5. The van der Waals surface area contributed by atoms with Gasteiger partial charge in [-0.05, 0) is 92.4 Å². The van der Waals surface area contributed by atoms with Crippen LogP contribution in [0.5, 0.6) is 0 Å². The summed E-state index contributed by atoms with van der Waals surface area (Å²) in [6.07, 6.45) is 8.74. The molecule has 5 atom stereocenters. The second-order valence-electron chi connectivity index (χ2n) is 12.9. The van der Waals surface area contributed by atoms with Crippen LogP contribution in [0.4, 0.5) is 10.5 Å². The van der Waals surface area contributed by atoms with Crippen LogP contribution in [0, 0.1) is 22.7 Å². The highest BCUT2D eigenvalue weighted by atomic mass is 16.2. The third kappa shape index (κ3) is 4.78. The third-order valence-electron chi connectivity index (χ3n) is 8.89. The van der Waals surface area contributed by atoms with Crippen LogP contribution in [0.25, 0.3) is 0 Å². The molecule has 35 heavy (non-hydrogen) atoms. The number of urea groups is 1. The Morgan fingerprint density at radius 1 is 0.971 bits per heavy atom. The number of rotatable bonds is 4. The fourth-order valence-corrected chi connectivity index (χ4v) is 8.60. The molecule has 4 bridgehead atoms. The maximum Gasteiger partial charge on any atom is 0.319 e. The highest BCUT2D eigenvalue weighted by Crippen LogP contribution is 2.66. The van der Waals surface area contributed by atoms with Crippen LogP contribution in [0.1, 0.15) is 75.6 Å². The molecule has 0 radical (unpaired) electrons. The van der Waals surface area contributed by atoms with Crippen molar-refractivity contribution in [1.82, 2.24) is 15.1 Å². The average Bonchev–Trinajstić information content (AvgIpc) is 2.75. The van der Waals surface area contributed by atoms with Gasteiger partial charge in [-0.2, -0.15) is 0 Å². The Labute approximate surface area is 209 Å². The van der Waals surface area contributed by atoms with Gasteiger partial charge in [-0.25, -0.2) is 4.79 Å². The molecule has 1 heterocycles. The van der Waals surface area contributed by atoms with E-state index in [2.05, 4.69) is 24.5 Å². The quantitative estimate of drug-likeness (QED) is 0.666. The monoisotopic (exact) mass is 480 g/mol. The van der Waals surface area contributed by atoms with Crippen molar-refractivity contribution in [1.29, 1.82) is 0 Å². The highest BCUT2D eigenvalue weighted by Gasteiger charge is 2.60. The van der Waals surface area contributed by atoms with E-state index in [1.807, 2.05) is 0 Å². The molecule has 1 saturated heterocycles. The molecule has 1 aromatic carbocycles. The Kier molecular flexibility index (Phi) is 5.88. The van der Waals surface area contributed by atoms with Crippen molar-refractivity contribution in [3.63, 3.8) is 0 Å². The molecule has 6 rings (SSSR count). The second-order valence-corrected chi connectivity index (χ2v) is 12.9. The number of nitrogens with zero attached hydrogens (tertiary/aromatic N) is 2. The molecular formula is C28H40N4O3. The van der Waals surface area contributed by atoms with Crippen molar-refractivity contribution in [3.8, 4) is 0 Å². The lowest BCUT2D eigenvalue weighted by Crippen LogP contribution is -2.65. The Balaban J connectivity index is 1.19. The van der Waals surface area contributed by atoms with Gasteiger partial charge in [0.25, 0.3) is 5.91 Å². The van der Waals surface area contributed by atoms with Gasteiger partial charge in [0, 0.05) is 44.0 Å². The molecule has 7 nitrogen and oxygen atoms in total. The van der Waals surface area contributed by atoms with Gasteiger partial charge in [-0.1, -0.05) is 13.8 Å². The minimum atomic E-state index is -0.153. The standard InChI is InChI=1S/C28H40N4O3/c1-26-12-19-13-27(2,16-26)18-28(14-19,17-26)30-25(35)29-22-9-7-20(8-10-22)24(34)32-11-5-6-21(15-32)23(33)31(3)4/h7-10,19,21H,5-6,11-18H2,1-4H3,(H2,29,30,35)/t19?,21?,26-,27+,28?. The summed E-state index contributed by atoms with van der Waals surface area (Å²) in [6, 6.07) is 6.96. The molecule has 190 valence electrons.